The van der Waals surface area contributed by atoms with Crippen LogP contribution in [-0.4, -0.2) is 43.6 Å². The minimum absolute atomic E-state index is 0.0747. The highest BCUT2D eigenvalue weighted by molar-refractivity contribution is 7.90. The summed E-state index contributed by atoms with van der Waals surface area (Å²) >= 11 is 0. The Labute approximate surface area is 206 Å². The molecule has 0 bridgehead atoms. The molecule has 0 spiro atoms. The zero-order valence-electron chi connectivity index (χ0n) is 20.3. The second kappa shape index (κ2) is 13.4. The van der Waals surface area contributed by atoms with E-state index in [4.69, 9.17) is 18.0 Å². The van der Waals surface area contributed by atoms with E-state index < -0.39 is 36.1 Å². The van der Waals surface area contributed by atoms with Crippen LogP contribution in [0.3, 0.4) is 0 Å². The molecule has 0 aliphatic heterocycles. The fraction of sp³-hybridized carbons (Fsp3) is 0.500. The maximum absolute atomic E-state index is 12.7. The number of sulfone groups is 1. The van der Waals surface area contributed by atoms with Gasteiger partial charge in [-0.1, -0.05) is 12.1 Å². The van der Waals surface area contributed by atoms with Gasteiger partial charge < -0.3 is 18.0 Å². The van der Waals surface area contributed by atoms with Crippen LogP contribution in [0.15, 0.2) is 53.4 Å². The van der Waals surface area contributed by atoms with Crippen molar-refractivity contribution in [3.05, 3.63) is 59.7 Å². The van der Waals surface area contributed by atoms with Crippen LogP contribution in [0.1, 0.15) is 44.7 Å². The molecule has 0 amide bonds. The first kappa shape index (κ1) is 29.3. The van der Waals surface area contributed by atoms with Gasteiger partial charge in [-0.25, -0.2) is 8.42 Å². The molecule has 0 fully saturated rings. The second-order valence-corrected chi connectivity index (χ2v) is 12.4. The van der Waals surface area contributed by atoms with E-state index in [0.29, 0.717) is 38.2 Å². The van der Waals surface area contributed by atoms with Crippen molar-refractivity contribution in [3.63, 3.8) is 0 Å². The summed E-state index contributed by atoms with van der Waals surface area (Å²) in [6.45, 7) is 7.75. The van der Waals surface area contributed by atoms with Crippen LogP contribution in [0.25, 0.3) is 0 Å². The molecule has 2 aromatic carbocycles. The van der Waals surface area contributed by atoms with Crippen molar-refractivity contribution in [3.8, 4) is 5.75 Å². The van der Waals surface area contributed by atoms with E-state index in [-0.39, 0.29) is 10.5 Å². The van der Waals surface area contributed by atoms with Crippen LogP contribution in [0.2, 0.25) is 6.04 Å². The fourth-order valence-electron chi connectivity index (χ4n) is 3.47. The number of benzene rings is 2. The predicted octanol–water partition coefficient (Wildman–Crippen LogP) is 5.89. The lowest BCUT2D eigenvalue weighted by Crippen LogP contribution is -2.45. The molecule has 0 radical (unpaired) electrons. The number of hydrogen-bond donors (Lipinski definition) is 0. The average Bonchev–Trinajstić information content (AvgIpc) is 2.79. The molecule has 11 heteroatoms. The Hall–Kier alpha value is -1.92. The third-order valence-corrected chi connectivity index (χ3v) is 9.91. The van der Waals surface area contributed by atoms with E-state index in [1.54, 1.807) is 12.1 Å². The van der Waals surface area contributed by atoms with Crippen molar-refractivity contribution < 1.29 is 39.6 Å². The number of rotatable bonds is 15. The minimum atomic E-state index is -4.46. The number of halogens is 3. The first-order chi connectivity index (χ1) is 16.5. The lowest BCUT2D eigenvalue weighted by atomic mass is 10.1. The smallest absolute Gasteiger partial charge is 0.494 e. The molecule has 2 rings (SSSR count). The molecule has 6 nitrogen and oxygen atoms in total. The third kappa shape index (κ3) is 9.23. The van der Waals surface area contributed by atoms with Gasteiger partial charge in [-0.05, 0) is 75.6 Å². The Morgan fingerprint density at radius 1 is 0.800 bits per heavy atom. The van der Waals surface area contributed by atoms with Gasteiger partial charge in [-0.3, -0.25) is 0 Å². The highest BCUT2D eigenvalue weighted by atomic mass is 32.2. The van der Waals surface area contributed by atoms with Crippen molar-refractivity contribution in [2.45, 2.75) is 56.5 Å². The van der Waals surface area contributed by atoms with Crippen molar-refractivity contribution in [1.29, 1.82) is 0 Å². The van der Waals surface area contributed by atoms with E-state index in [1.165, 1.54) is 24.3 Å². The van der Waals surface area contributed by atoms with Crippen molar-refractivity contribution in [2.75, 3.05) is 26.4 Å². The Morgan fingerprint density at radius 2 is 1.34 bits per heavy atom. The lowest BCUT2D eigenvalue weighted by molar-refractivity contribution is -0.137. The molecule has 0 unspecified atom stereocenters. The largest absolute Gasteiger partial charge is 0.500 e. The Morgan fingerprint density at radius 3 is 1.83 bits per heavy atom. The molecule has 0 saturated carbocycles. The van der Waals surface area contributed by atoms with Crippen LogP contribution in [0, 0.1) is 0 Å². The van der Waals surface area contributed by atoms with E-state index in [1.807, 2.05) is 20.8 Å². The predicted molar refractivity (Wildman–Crippen MR) is 129 cm³/mol. The van der Waals surface area contributed by atoms with Gasteiger partial charge in [0.25, 0.3) is 0 Å². The zero-order chi connectivity index (χ0) is 26.0. The van der Waals surface area contributed by atoms with E-state index >= 15 is 0 Å². The van der Waals surface area contributed by atoms with Crippen molar-refractivity contribution in [1.82, 2.24) is 0 Å². The molecular weight excluding hydrogens is 501 g/mol. The van der Waals surface area contributed by atoms with Gasteiger partial charge >= 0.3 is 15.0 Å². The minimum Gasteiger partial charge on any atom is -0.494 e. The highest BCUT2D eigenvalue weighted by Crippen LogP contribution is 2.30. The summed E-state index contributed by atoms with van der Waals surface area (Å²) < 4.78 is 86.6. The van der Waals surface area contributed by atoms with Crippen LogP contribution in [0.4, 0.5) is 13.2 Å². The van der Waals surface area contributed by atoms with Gasteiger partial charge in [0, 0.05) is 25.9 Å². The monoisotopic (exact) mass is 534 g/mol. The standard InChI is InChI=1S/C24H33F3O6SSi/c1-4-31-35(32-5-2,33-6-3)18-8-7-17-30-22-13-15-23(16-14-22)34(28,29)19-20-9-11-21(12-10-20)24(25,26)27/h9-16H,4-8,17-19H2,1-3H3. The topological polar surface area (TPSA) is 71.1 Å². The molecule has 0 saturated heterocycles. The molecule has 2 aromatic rings. The van der Waals surface area contributed by atoms with Crippen molar-refractivity contribution in [2.24, 2.45) is 0 Å². The summed E-state index contributed by atoms with van der Waals surface area (Å²) in [6.07, 6.45) is -2.92. The summed E-state index contributed by atoms with van der Waals surface area (Å²) in [4.78, 5) is 0.0747. The van der Waals surface area contributed by atoms with Gasteiger partial charge in [-0.2, -0.15) is 13.2 Å². The summed E-state index contributed by atoms with van der Waals surface area (Å²) in [7, 11) is -6.39. The molecule has 0 aromatic heterocycles. The van der Waals surface area contributed by atoms with Gasteiger partial charge in [0.15, 0.2) is 9.84 Å². The SMILES string of the molecule is CCO[Si](CCCCOc1ccc(S(=O)(=O)Cc2ccc(C(F)(F)F)cc2)cc1)(OCC)OCC. The lowest BCUT2D eigenvalue weighted by Gasteiger charge is -2.28. The number of ether oxygens (including phenoxy) is 1. The molecule has 0 aliphatic carbocycles. The molecule has 35 heavy (non-hydrogen) atoms. The van der Waals surface area contributed by atoms with Crippen LogP contribution in [-0.2, 0) is 35.0 Å². The highest BCUT2D eigenvalue weighted by Gasteiger charge is 2.39. The second-order valence-electron chi connectivity index (χ2n) is 7.71. The Kier molecular flexibility index (Phi) is 11.2. The molecule has 196 valence electrons. The molecule has 0 atom stereocenters. The molecule has 0 N–H and O–H groups in total. The summed E-state index contributed by atoms with van der Waals surface area (Å²) in [5.41, 5.74) is -0.536. The summed E-state index contributed by atoms with van der Waals surface area (Å²) in [5, 5.41) is 0. The first-order valence-electron chi connectivity index (χ1n) is 11.6. The average molecular weight is 535 g/mol. The number of hydrogen-bond acceptors (Lipinski definition) is 6. The maximum Gasteiger partial charge on any atom is 0.500 e. The quantitative estimate of drug-likeness (QED) is 0.210. The molecule has 0 aliphatic rings. The van der Waals surface area contributed by atoms with E-state index in [2.05, 4.69) is 0 Å². The van der Waals surface area contributed by atoms with E-state index in [9.17, 15) is 21.6 Å². The van der Waals surface area contributed by atoms with Crippen molar-refractivity contribution >= 4 is 18.6 Å². The van der Waals surface area contributed by atoms with Gasteiger partial charge in [-0.15, -0.1) is 0 Å². The Bertz CT molecular complexity index is 978. The van der Waals surface area contributed by atoms with Crippen LogP contribution < -0.4 is 4.74 Å². The van der Waals surface area contributed by atoms with Crippen LogP contribution >= 0.6 is 0 Å². The van der Waals surface area contributed by atoms with Crippen LogP contribution in [0.5, 0.6) is 5.75 Å². The van der Waals surface area contributed by atoms with Gasteiger partial charge in [0.2, 0.25) is 0 Å². The van der Waals surface area contributed by atoms with Gasteiger partial charge in [0.05, 0.1) is 22.8 Å². The third-order valence-electron chi connectivity index (χ3n) is 5.06. The number of alkyl halides is 3. The fourth-order valence-corrected chi connectivity index (χ4v) is 7.50. The Balaban J connectivity index is 1.87. The van der Waals surface area contributed by atoms with E-state index in [0.717, 1.165) is 25.0 Å². The molecule has 0 heterocycles. The summed E-state index contributed by atoms with van der Waals surface area (Å²) in [5.74, 6) is 0.137. The number of unbranched alkanes of at least 4 members (excludes halogenated alkanes) is 1. The first-order valence-corrected chi connectivity index (χ1v) is 15.2. The maximum atomic E-state index is 12.7. The zero-order valence-corrected chi connectivity index (χ0v) is 22.1. The van der Waals surface area contributed by atoms with Gasteiger partial charge in [0.1, 0.15) is 5.75 Å². The molecular formula is C24H33F3O6SSi. The summed E-state index contributed by atoms with van der Waals surface area (Å²) in [6, 6.07) is 10.8. The normalized spacial score (nSPS) is 12.6.